The average molecular weight is 280 g/mol. The smallest absolute Gasteiger partial charge is 0.164 e. The number of aromatic nitrogens is 2. The van der Waals surface area contributed by atoms with Crippen molar-refractivity contribution in [3.05, 3.63) is 12.3 Å². The highest BCUT2D eigenvalue weighted by Crippen LogP contribution is 2.17. The van der Waals surface area contributed by atoms with Crippen molar-refractivity contribution < 1.29 is 0 Å². The summed E-state index contributed by atoms with van der Waals surface area (Å²) in [5.41, 5.74) is 0. The van der Waals surface area contributed by atoms with Gasteiger partial charge in [0.1, 0.15) is 6.67 Å². The first-order valence-corrected chi connectivity index (χ1v) is 7.68. The maximum Gasteiger partial charge on any atom is 0.164 e. The van der Waals surface area contributed by atoms with E-state index >= 15 is 0 Å². The van der Waals surface area contributed by atoms with Crippen molar-refractivity contribution in [1.29, 1.82) is 0 Å². The van der Waals surface area contributed by atoms with Crippen LogP contribution in [0.1, 0.15) is 0 Å². The van der Waals surface area contributed by atoms with Crippen molar-refractivity contribution >= 4 is 22.7 Å². The van der Waals surface area contributed by atoms with Gasteiger partial charge in [-0.3, -0.25) is 4.90 Å². The fourth-order valence-corrected chi connectivity index (χ4v) is 3.12. The molecule has 2 aliphatic rings. The van der Waals surface area contributed by atoms with Crippen LogP contribution < -0.4 is 5.32 Å². The molecule has 104 valence electrons. The van der Waals surface area contributed by atoms with E-state index in [1.807, 2.05) is 10.7 Å². The van der Waals surface area contributed by atoms with Crippen molar-refractivity contribution in [2.75, 3.05) is 45.5 Å². The number of amidine groups is 1. The molecule has 7 heteroatoms. The molecule has 0 bridgehead atoms. The van der Waals surface area contributed by atoms with Crippen molar-refractivity contribution in [3.8, 4) is 0 Å². The predicted molar refractivity (Wildman–Crippen MR) is 78.9 cm³/mol. The lowest BCUT2D eigenvalue weighted by molar-refractivity contribution is 0.161. The zero-order valence-electron chi connectivity index (χ0n) is 11.2. The number of fused-ring (bicyclic) bond motifs is 1. The van der Waals surface area contributed by atoms with Gasteiger partial charge in [-0.15, -0.1) is 0 Å². The van der Waals surface area contributed by atoms with E-state index < -0.39 is 0 Å². The minimum atomic E-state index is 0.725. The van der Waals surface area contributed by atoms with Gasteiger partial charge in [-0.25, -0.2) is 9.67 Å². The minimum absolute atomic E-state index is 0.725. The second-order valence-corrected chi connectivity index (χ2v) is 6.02. The summed E-state index contributed by atoms with van der Waals surface area (Å²) in [7, 11) is 2.19. The van der Waals surface area contributed by atoms with Crippen LogP contribution in [0, 0.1) is 0 Å². The zero-order chi connectivity index (χ0) is 13.1. The Labute approximate surface area is 117 Å². The molecular formula is C12H20N6S. The Morgan fingerprint density at radius 2 is 2.16 bits per heavy atom. The van der Waals surface area contributed by atoms with Crippen LogP contribution in [0.2, 0.25) is 0 Å². The highest BCUT2D eigenvalue weighted by Gasteiger charge is 2.15. The van der Waals surface area contributed by atoms with Gasteiger partial charge in [0.15, 0.2) is 11.0 Å². The number of piperazine rings is 1. The molecule has 1 saturated heterocycles. The number of rotatable bonds is 3. The van der Waals surface area contributed by atoms with Gasteiger partial charge in [-0.2, -0.15) is 5.10 Å². The standard InChI is InChI=1S/C12H20N6S/c1-16-4-6-17(7-5-16)8-9-19-12-13-10-18-11(15-12)2-3-14-18/h2-3H,4-10H2,1H3,(H,13,15). The molecule has 0 aromatic carbocycles. The molecule has 0 amide bonds. The van der Waals surface area contributed by atoms with Gasteiger partial charge in [-0.1, -0.05) is 11.8 Å². The number of thioether (sulfide) groups is 1. The average Bonchev–Trinajstić information content (AvgIpc) is 2.88. The van der Waals surface area contributed by atoms with Crippen LogP contribution in [0.4, 0.5) is 5.82 Å². The first-order valence-electron chi connectivity index (χ1n) is 6.69. The summed E-state index contributed by atoms with van der Waals surface area (Å²) in [5, 5.41) is 8.49. The van der Waals surface area contributed by atoms with E-state index in [0.717, 1.165) is 30.0 Å². The number of nitrogens with one attached hydrogen (secondary N) is 1. The monoisotopic (exact) mass is 280 g/mol. The third-order valence-electron chi connectivity index (χ3n) is 3.53. The summed E-state index contributed by atoms with van der Waals surface area (Å²) in [5.74, 6) is 2.03. The van der Waals surface area contributed by atoms with Gasteiger partial charge in [0, 0.05) is 44.5 Å². The van der Waals surface area contributed by atoms with E-state index in [2.05, 4.69) is 32.3 Å². The molecule has 1 N–H and O–H groups in total. The molecule has 3 rings (SSSR count). The molecule has 0 unspecified atom stereocenters. The van der Waals surface area contributed by atoms with Gasteiger partial charge < -0.3 is 10.2 Å². The van der Waals surface area contributed by atoms with Crippen LogP contribution in [-0.4, -0.2) is 70.3 Å². The molecule has 1 aromatic rings. The molecule has 6 nitrogen and oxygen atoms in total. The number of nitrogens with zero attached hydrogens (tertiary/aromatic N) is 5. The summed E-state index contributed by atoms with van der Waals surface area (Å²) in [4.78, 5) is 9.46. The quantitative estimate of drug-likeness (QED) is 0.869. The van der Waals surface area contributed by atoms with Gasteiger partial charge in [0.05, 0.1) is 6.20 Å². The zero-order valence-corrected chi connectivity index (χ0v) is 12.1. The fraction of sp³-hybridized carbons (Fsp3) is 0.667. The number of likely N-dealkylation sites (N-methyl/N-ethyl adjacent to an activating group) is 1. The Kier molecular flexibility index (Phi) is 4.05. The van der Waals surface area contributed by atoms with E-state index in [1.165, 1.54) is 26.2 Å². The lowest BCUT2D eigenvalue weighted by Crippen LogP contribution is -2.45. The van der Waals surface area contributed by atoms with E-state index in [1.54, 1.807) is 18.0 Å². The highest BCUT2D eigenvalue weighted by molar-refractivity contribution is 8.13. The lowest BCUT2D eigenvalue weighted by Gasteiger charge is -2.32. The molecule has 0 spiro atoms. The van der Waals surface area contributed by atoms with Crippen LogP contribution in [0.3, 0.4) is 0 Å². The van der Waals surface area contributed by atoms with Crippen molar-refractivity contribution in [1.82, 2.24) is 24.9 Å². The molecule has 1 aromatic heterocycles. The normalized spacial score (nSPS) is 20.8. The minimum Gasteiger partial charge on any atom is -0.345 e. The maximum absolute atomic E-state index is 4.54. The van der Waals surface area contributed by atoms with Crippen LogP contribution in [0.5, 0.6) is 0 Å². The number of hydrogen-bond donors (Lipinski definition) is 1. The Morgan fingerprint density at radius 3 is 3.00 bits per heavy atom. The second kappa shape index (κ2) is 5.94. The number of aliphatic imine (C=N–C) groups is 1. The maximum atomic E-state index is 4.54. The molecule has 0 aliphatic carbocycles. The van der Waals surface area contributed by atoms with Crippen molar-refractivity contribution in [2.24, 2.45) is 4.99 Å². The van der Waals surface area contributed by atoms with Crippen LogP contribution in [-0.2, 0) is 6.67 Å². The van der Waals surface area contributed by atoms with Crippen molar-refractivity contribution in [3.63, 3.8) is 0 Å². The van der Waals surface area contributed by atoms with Gasteiger partial charge in [-0.05, 0) is 7.05 Å². The van der Waals surface area contributed by atoms with Gasteiger partial charge in [0.25, 0.3) is 0 Å². The van der Waals surface area contributed by atoms with E-state index in [9.17, 15) is 0 Å². The Morgan fingerprint density at radius 1 is 1.32 bits per heavy atom. The van der Waals surface area contributed by atoms with Crippen molar-refractivity contribution in [2.45, 2.75) is 6.67 Å². The van der Waals surface area contributed by atoms with Gasteiger partial charge >= 0.3 is 0 Å². The van der Waals surface area contributed by atoms with E-state index in [0.29, 0.717) is 0 Å². The summed E-state index contributed by atoms with van der Waals surface area (Å²) in [6, 6.07) is 1.95. The molecule has 1 fully saturated rings. The third-order valence-corrected chi connectivity index (χ3v) is 4.43. The summed E-state index contributed by atoms with van der Waals surface area (Å²) in [6.07, 6.45) is 1.79. The molecule has 3 heterocycles. The molecular weight excluding hydrogens is 260 g/mol. The van der Waals surface area contributed by atoms with E-state index in [-0.39, 0.29) is 0 Å². The first-order chi connectivity index (χ1) is 9.31. The second-order valence-electron chi connectivity index (χ2n) is 4.93. The SMILES string of the molecule is CN1CCN(CCSC2=Nc3ccnn3CN2)CC1. The molecule has 19 heavy (non-hydrogen) atoms. The van der Waals surface area contributed by atoms with E-state index in [4.69, 9.17) is 0 Å². The molecule has 2 aliphatic heterocycles. The summed E-state index contributed by atoms with van der Waals surface area (Å²) < 4.78 is 1.87. The first kappa shape index (κ1) is 13.0. The molecule has 0 radical (unpaired) electrons. The largest absolute Gasteiger partial charge is 0.345 e. The topological polar surface area (TPSA) is 48.7 Å². The highest BCUT2D eigenvalue weighted by atomic mass is 32.2. The third kappa shape index (κ3) is 3.29. The Balaban J connectivity index is 1.44. The molecule has 0 saturated carbocycles. The van der Waals surface area contributed by atoms with Gasteiger partial charge in [0.2, 0.25) is 0 Å². The summed E-state index contributed by atoms with van der Waals surface area (Å²) in [6.45, 7) is 6.60. The Hall–Kier alpha value is -1.05. The predicted octanol–water partition coefficient (Wildman–Crippen LogP) is 0.412. The van der Waals surface area contributed by atoms with Crippen LogP contribution >= 0.6 is 11.8 Å². The Bertz CT molecular complexity index is 449. The summed E-state index contributed by atoms with van der Waals surface area (Å²) >= 11 is 1.80. The lowest BCUT2D eigenvalue weighted by atomic mass is 10.3. The number of hydrogen-bond acceptors (Lipinski definition) is 6. The van der Waals surface area contributed by atoms with Crippen LogP contribution in [0.25, 0.3) is 0 Å². The molecule has 0 atom stereocenters. The van der Waals surface area contributed by atoms with Crippen LogP contribution in [0.15, 0.2) is 17.3 Å². The fourth-order valence-electron chi connectivity index (χ4n) is 2.25.